The molecule has 0 spiro atoms. The lowest BCUT2D eigenvalue weighted by Gasteiger charge is -2.45. The molecule has 2 heterocycles. The molecule has 0 aromatic rings. The predicted octanol–water partition coefficient (Wildman–Crippen LogP) is -4.74. The van der Waals surface area contributed by atoms with Gasteiger partial charge in [0, 0.05) is 7.11 Å². The van der Waals surface area contributed by atoms with Gasteiger partial charge in [-0.3, -0.25) is 0 Å². The van der Waals surface area contributed by atoms with E-state index in [0.717, 1.165) is 0 Å². The molecular formula is C13H24O11. The van der Waals surface area contributed by atoms with E-state index in [9.17, 15) is 35.7 Å². The van der Waals surface area contributed by atoms with Crippen LogP contribution in [0.2, 0.25) is 0 Å². The summed E-state index contributed by atoms with van der Waals surface area (Å²) in [6.45, 7) is -1.18. The van der Waals surface area contributed by atoms with Crippen LogP contribution in [-0.4, -0.2) is 117 Å². The molecule has 11 nitrogen and oxygen atoms in total. The molecule has 11 heteroatoms. The lowest BCUT2D eigenvalue weighted by molar-refractivity contribution is -0.356. The Hall–Kier alpha value is -0.440. The van der Waals surface area contributed by atoms with Gasteiger partial charge in [0.05, 0.1) is 13.2 Å². The molecule has 2 aliphatic rings. The first-order valence-corrected chi connectivity index (χ1v) is 7.46. The summed E-state index contributed by atoms with van der Waals surface area (Å²) in [4.78, 5) is 0. The van der Waals surface area contributed by atoms with Gasteiger partial charge in [-0.1, -0.05) is 0 Å². The second-order valence-electron chi connectivity index (χ2n) is 5.74. The second-order valence-corrected chi connectivity index (χ2v) is 5.74. The van der Waals surface area contributed by atoms with Gasteiger partial charge in [-0.15, -0.1) is 0 Å². The third-order valence-corrected chi connectivity index (χ3v) is 4.22. The summed E-state index contributed by atoms with van der Waals surface area (Å²) in [6, 6.07) is 0. The molecule has 0 radical (unpaired) electrons. The highest BCUT2D eigenvalue weighted by Crippen LogP contribution is 2.29. The zero-order valence-electron chi connectivity index (χ0n) is 13.0. The van der Waals surface area contributed by atoms with Crippen molar-refractivity contribution in [3.63, 3.8) is 0 Å². The van der Waals surface area contributed by atoms with Crippen molar-refractivity contribution in [3.8, 4) is 0 Å². The molecular weight excluding hydrogens is 332 g/mol. The molecule has 0 amide bonds. The van der Waals surface area contributed by atoms with Gasteiger partial charge in [0.15, 0.2) is 12.6 Å². The van der Waals surface area contributed by atoms with E-state index in [1.807, 2.05) is 0 Å². The lowest BCUT2D eigenvalue weighted by Crippen LogP contribution is -2.64. The molecule has 2 rings (SSSR count). The summed E-state index contributed by atoms with van der Waals surface area (Å²) in [5, 5.41) is 67.8. The van der Waals surface area contributed by atoms with E-state index in [1.54, 1.807) is 0 Å². The summed E-state index contributed by atoms with van der Waals surface area (Å²) in [5.74, 6) is 0. The number of methoxy groups -OCH3 is 1. The van der Waals surface area contributed by atoms with E-state index in [0.29, 0.717) is 0 Å². The maximum atomic E-state index is 10.1. The molecule has 2 saturated heterocycles. The number of aliphatic hydroxyl groups excluding tert-OH is 7. The summed E-state index contributed by atoms with van der Waals surface area (Å²) in [6.07, 6.45) is -14.2. The number of hydrogen-bond acceptors (Lipinski definition) is 11. The van der Waals surface area contributed by atoms with Crippen molar-refractivity contribution in [3.05, 3.63) is 0 Å². The number of aliphatic hydroxyl groups is 7. The van der Waals surface area contributed by atoms with Crippen molar-refractivity contribution in [2.45, 2.75) is 61.4 Å². The Morgan fingerprint density at radius 3 is 1.83 bits per heavy atom. The zero-order chi connectivity index (χ0) is 18.0. The minimum absolute atomic E-state index is 0.531. The fourth-order valence-electron chi connectivity index (χ4n) is 2.85. The molecule has 2 fully saturated rings. The average Bonchev–Trinajstić information content (AvgIpc) is 2.58. The molecule has 2 aliphatic heterocycles. The average molecular weight is 356 g/mol. The van der Waals surface area contributed by atoms with Crippen LogP contribution in [0.25, 0.3) is 0 Å². The topological polar surface area (TPSA) is 179 Å². The Bertz CT molecular complexity index is 392. The van der Waals surface area contributed by atoms with Crippen molar-refractivity contribution in [2.75, 3.05) is 20.3 Å². The fourth-order valence-corrected chi connectivity index (χ4v) is 2.85. The van der Waals surface area contributed by atoms with Crippen molar-refractivity contribution in [2.24, 2.45) is 0 Å². The molecule has 0 saturated carbocycles. The first kappa shape index (κ1) is 19.9. The highest BCUT2D eigenvalue weighted by atomic mass is 16.7. The number of hydrogen-bond donors (Lipinski definition) is 7. The van der Waals surface area contributed by atoms with Crippen LogP contribution in [-0.2, 0) is 18.9 Å². The molecule has 0 aromatic heterocycles. The summed E-state index contributed by atoms with van der Waals surface area (Å²) in [5.41, 5.74) is 0. The van der Waals surface area contributed by atoms with Gasteiger partial charge in [-0.05, 0) is 0 Å². The van der Waals surface area contributed by atoms with Crippen LogP contribution in [0, 0.1) is 0 Å². The molecule has 0 aliphatic carbocycles. The summed E-state index contributed by atoms with van der Waals surface area (Å²) < 4.78 is 20.6. The Labute approximate surface area is 137 Å². The molecule has 10 atom stereocenters. The van der Waals surface area contributed by atoms with Gasteiger partial charge in [0.1, 0.15) is 48.8 Å². The van der Waals surface area contributed by atoms with Crippen molar-refractivity contribution in [1.29, 1.82) is 0 Å². The predicted molar refractivity (Wildman–Crippen MR) is 73.4 cm³/mol. The second kappa shape index (κ2) is 8.29. The third-order valence-electron chi connectivity index (χ3n) is 4.22. The van der Waals surface area contributed by atoms with Gasteiger partial charge in [-0.25, -0.2) is 0 Å². The van der Waals surface area contributed by atoms with Gasteiger partial charge in [-0.2, -0.15) is 0 Å². The molecule has 0 aromatic carbocycles. The van der Waals surface area contributed by atoms with E-state index in [1.165, 1.54) is 7.11 Å². The maximum Gasteiger partial charge on any atom is 0.187 e. The van der Waals surface area contributed by atoms with Crippen LogP contribution < -0.4 is 0 Å². The standard InChI is InChI=1S/C13H24O11/c1-21-10-4(2-14)23-13(9(19)7(10)17)24-11-5(3-15)22-12(20)8(18)6(11)16/h4-20H,2-3H2,1H3/t4?,5-,6?,7-,8?,9?,10+,11-,12+,13+/m1/s1. The maximum absolute atomic E-state index is 10.1. The van der Waals surface area contributed by atoms with Gasteiger partial charge >= 0.3 is 0 Å². The zero-order valence-corrected chi connectivity index (χ0v) is 13.0. The van der Waals surface area contributed by atoms with Crippen molar-refractivity contribution in [1.82, 2.24) is 0 Å². The van der Waals surface area contributed by atoms with Crippen LogP contribution in [0.5, 0.6) is 0 Å². The van der Waals surface area contributed by atoms with E-state index in [2.05, 4.69) is 0 Å². The van der Waals surface area contributed by atoms with Gasteiger partial charge in [0.25, 0.3) is 0 Å². The lowest BCUT2D eigenvalue weighted by atomic mass is 9.97. The molecule has 0 bridgehead atoms. The highest BCUT2D eigenvalue weighted by Gasteiger charge is 2.50. The minimum Gasteiger partial charge on any atom is -0.394 e. The number of rotatable bonds is 5. The molecule has 4 unspecified atom stereocenters. The van der Waals surface area contributed by atoms with E-state index >= 15 is 0 Å². The summed E-state index contributed by atoms with van der Waals surface area (Å²) >= 11 is 0. The number of ether oxygens (including phenoxy) is 4. The van der Waals surface area contributed by atoms with Gasteiger partial charge in [0.2, 0.25) is 0 Å². The van der Waals surface area contributed by atoms with Crippen LogP contribution in [0.4, 0.5) is 0 Å². The van der Waals surface area contributed by atoms with Gasteiger partial charge < -0.3 is 54.7 Å². The first-order chi connectivity index (χ1) is 11.3. The SMILES string of the molecule is CO[C@H]1C(CO)O[C@@H](O[C@H]2C(O)C(O)[C@@H](O)O[C@@H]2CO)C(O)[C@H]1O. The first-order valence-electron chi connectivity index (χ1n) is 7.46. The smallest absolute Gasteiger partial charge is 0.187 e. The van der Waals surface area contributed by atoms with E-state index in [-0.39, 0.29) is 0 Å². The monoisotopic (exact) mass is 356 g/mol. The van der Waals surface area contributed by atoms with E-state index < -0.39 is 74.6 Å². The Morgan fingerprint density at radius 2 is 1.29 bits per heavy atom. The molecule has 24 heavy (non-hydrogen) atoms. The quantitative estimate of drug-likeness (QED) is 0.251. The fraction of sp³-hybridized carbons (Fsp3) is 1.00. The van der Waals surface area contributed by atoms with Crippen LogP contribution in [0.1, 0.15) is 0 Å². The Balaban J connectivity index is 2.12. The van der Waals surface area contributed by atoms with Crippen LogP contribution in [0.15, 0.2) is 0 Å². The van der Waals surface area contributed by atoms with Crippen LogP contribution in [0.3, 0.4) is 0 Å². The Morgan fingerprint density at radius 1 is 0.750 bits per heavy atom. The molecule has 7 N–H and O–H groups in total. The normalized spacial score (nSPS) is 50.0. The summed E-state index contributed by atoms with van der Waals surface area (Å²) in [7, 11) is 1.27. The van der Waals surface area contributed by atoms with Crippen molar-refractivity contribution < 1.29 is 54.7 Å². The molecule has 142 valence electrons. The van der Waals surface area contributed by atoms with Crippen molar-refractivity contribution >= 4 is 0 Å². The third kappa shape index (κ3) is 3.71. The largest absolute Gasteiger partial charge is 0.394 e. The Kier molecular flexibility index (Phi) is 6.87. The minimum atomic E-state index is -1.72. The van der Waals surface area contributed by atoms with E-state index in [4.69, 9.17) is 18.9 Å². The highest BCUT2D eigenvalue weighted by molar-refractivity contribution is 4.94. The van der Waals surface area contributed by atoms with Crippen LogP contribution >= 0.6 is 0 Å².